The summed E-state index contributed by atoms with van der Waals surface area (Å²) < 4.78 is 0. The first-order valence-corrected chi connectivity index (χ1v) is 6.42. The highest BCUT2D eigenvalue weighted by Crippen LogP contribution is 2.30. The minimum absolute atomic E-state index is 0.196. The lowest BCUT2D eigenvalue weighted by Crippen LogP contribution is -2.43. The van der Waals surface area contributed by atoms with Crippen LogP contribution in [0.3, 0.4) is 0 Å². The molecule has 0 heterocycles. The fraction of sp³-hybridized carbons (Fsp3) is 0.923. The zero-order valence-electron chi connectivity index (χ0n) is 11.3. The van der Waals surface area contributed by atoms with Crippen molar-refractivity contribution in [3.05, 3.63) is 0 Å². The molecule has 3 nitrogen and oxygen atoms in total. The van der Waals surface area contributed by atoms with Gasteiger partial charge in [0.15, 0.2) is 0 Å². The Balaban J connectivity index is 2.32. The quantitative estimate of drug-likeness (QED) is 0.794. The highest BCUT2D eigenvalue weighted by atomic mass is 16.2. The van der Waals surface area contributed by atoms with Gasteiger partial charge < -0.3 is 10.2 Å². The Morgan fingerprint density at radius 2 is 2.00 bits per heavy atom. The molecule has 3 unspecified atom stereocenters. The number of carbonyl (C=O) groups excluding carboxylic acids is 1. The zero-order valence-corrected chi connectivity index (χ0v) is 11.3. The van der Waals surface area contributed by atoms with E-state index in [1.54, 1.807) is 4.90 Å². The number of nitrogens with zero attached hydrogens (tertiary/aromatic N) is 1. The monoisotopic (exact) mass is 226 g/mol. The average molecular weight is 226 g/mol. The van der Waals surface area contributed by atoms with E-state index in [1.165, 1.54) is 12.8 Å². The van der Waals surface area contributed by atoms with Crippen molar-refractivity contribution in [1.29, 1.82) is 0 Å². The van der Waals surface area contributed by atoms with Gasteiger partial charge in [-0.1, -0.05) is 13.8 Å². The highest BCUT2D eigenvalue weighted by Gasteiger charge is 2.29. The maximum absolute atomic E-state index is 11.8. The summed E-state index contributed by atoms with van der Waals surface area (Å²) in [4.78, 5) is 13.6. The van der Waals surface area contributed by atoms with Gasteiger partial charge in [-0.3, -0.25) is 4.79 Å². The van der Waals surface area contributed by atoms with Crippen molar-refractivity contribution in [3.8, 4) is 0 Å². The number of amides is 1. The van der Waals surface area contributed by atoms with Crippen LogP contribution in [0, 0.1) is 11.8 Å². The van der Waals surface area contributed by atoms with Crippen molar-refractivity contribution >= 4 is 5.91 Å². The Labute approximate surface area is 99.6 Å². The van der Waals surface area contributed by atoms with E-state index < -0.39 is 0 Å². The van der Waals surface area contributed by atoms with Crippen molar-refractivity contribution in [2.75, 3.05) is 13.6 Å². The van der Waals surface area contributed by atoms with Crippen LogP contribution in [-0.4, -0.2) is 36.5 Å². The molecule has 0 aromatic rings. The van der Waals surface area contributed by atoms with Gasteiger partial charge in [0.25, 0.3) is 0 Å². The van der Waals surface area contributed by atoms with Gasteiger partial charge in [0.05, 0.1) is 6.54 Å². The summed E-state index contributed by atoms with van der Waals surface area (Å²) in [5.41, 5.74) is 0. The molecule has 0 spiro atoms. The normalized spacial score (nSPS) is 29.8. The van der Waals surface area contributed by atoms with E-state index in [0.29, 0.717) is 18.5 Å². The summed E-state index contributed by atoms with van der Waals surface area (Å²) in [5, 5.41) is 3.41. The van der Waals surface area contributed by atoms with Crippen LogP contribution < -0.4 is 5.32 Å². The molecule has 0 aromatic carbocycles. The molecule has 0 saturated heterocycles. The smallest absolute Gasteiger partial charge is 0.236 e. The second-order valence-electron chi connectivity index (χ2n) is 5.50. The molecule has 1 N–H and O–H groups in total. The number of likely N-dealkylation sites (N-methyl/N-ethyl adjacent to an activating group) is 1. The fourth-order valence-corrected chi connectivity index (χ4v) is 2.28. The zero-order chi connectivity index (χ0) is 12.3. The molecule has 1 saturated carbocycles. The second kappa shape index (κ2) is 5.67. The van der Waals surface area contributed by atoms with E-state index in [2.05, 4.69) is 19.2 Å². The largest absolute Gasteiger partial charge is 0.342 e. The molecule has 16 heavy (non-hydrogen) atoms. The van der Waals surface area contributed by atoms with Crippen LogP contribution in [-0.2, 0) is 4.79 Å². The van der Waals surface area contributed by atoms with Gasteiger partial charge in [-0.25, -0.2) is 0 Å². The Bertz CT molecular complexity index is 240. The van der Waals surface area contributed by atoms with Crippen molar-refractivity contribution < 1.29 is 4.79 Å². The summed E-state index contributed by atoms with van der Waals surface area (Å²) in [6, 6.07) is 0.814. The number of hydrogen-bond donors (Lipinski definition) is 1. The van der Waals surface area contributed by atoms with Gasteiger partial charge >= 0.3 is 0 Å². The third-order valence-electron chi connectivity index (χ3n) is 4.15. The third kappa shape index (κ3) is 3.21. The standard InChI is InChI=1S/C13H26N2O/c1-9(2)15(5)13(16)8-14-12-7-6-10(3)11(12)4/h9-12,14H,6-8H2,1-5H3. The maximum atomic E-state index is 11.8. The van der Waals surface area contributed by atoms with Crippen molar-refractivity contribution in [1.82, 2.24) is 10.2 Å². The van der Waals surface area contributed by atoms with Crippen LogP contribution in [0.15, 0.2) is 0 Å². The van der Waals surface area contributed by atoms with Gasteiger partial charge in [-0.2, -0.15) is 0 Å². The Morgan fingerprint density at radius 3 is 2.44 bits per heavy atom. The van der Waals surface area contributed by atoms with E-state index >= 15 is 0 Å². The van der Waals surface area contributed by atoms with Crippen LogP contribution in [0.1, 0.15) is 40.5 Å². The van der Waals surface area contributed by atoms with Gasteiger partial charge in [-0.15, -0.1) is 0 Å². The lowest BCUT2D eigenvalue weighted by Gasteiger charge is -2.24. The van der Waals surface area contributed by atoms with Gasteiger partial charge in [0, 0.05) is 19.1 Å². The molecular formula is C13H26N2O. The number of nitrogens with one attached hydrogen (secondary N) is 1. The van der Waals surface area contributed by atoms with E-state index in [-0.39, 0.29) is 11.9 Å². The van der Waals surface area contributed by atoms with E-state index in [4.69, 9.17) is 0 Å². The summed E-state index contributed by atoms with van der Waals surface area (Å²) in [5.74, 6) is 1.68. The molecule has 0 bridgehead atoms. The Morgan fingerprint density at radius 1 is 1.38 bits per heavy atom. The van der Waals surface area contributed by atoms with Gasteiger partial charge in [-0.05, 0) is 38.5 Å². The Hall–Kier alpha value is -0.570. The summed E-state index contributed by atoms with van der Waals surface area (Å²) >= 11 is 0. The Kier molecular flexibility index (Phi) is 4.78. The summed E-state index contributed by atoms with van der Waals surface area (Å²) in [7, 11) is 1.87. The predicted octanol–water partition coefficient (Wildman–Crippen LogP) is 1.88. The first kappa shape index (κ1) is 13.5. The van der Waals surface area contributed by atoms with Gasteiger partial charge in [0.2, 0.25) is 5.91 Å². The van der Waals surface area contributed by atoms with Crippen LogP contribution in [0.25, 0.3) is 0 Å². The topological polar surface area (TPSA) is 32.3 Å². The van der Waals surface area contributed by atoms with E-state index in [1.807, 2.05) is 20.9 Å². The van der Waals surface area contributed by atoms with E-state index in [9.17, 15) is 4.79 Å². The molecule has 3 atom stereocenters. The molecule has 3 heteroatoms. The summed E-state index contributed by atoms with van der Waals surface area (Å²) in [6.45, 7) is 9.15. The first-order valence-electron chi connectivity index (χ1n) is 6.42. The minimum Gasteiger partial charge on any atom is -0.342 e. The second-order valence-corrected chi connectivity index (χ2v) is 5.50. The molecule has 1 aliphatic rings. The molecule has 1 aliphatic carbocycles. The minimum atomic E-state index is 0.196. The van der Waals surface area contributed by atoms with Crippen LogP contribution in [0.4, 0.5) is 0 Å². The summed E-state index contributed by atoms with van der Waals surface area (Å²) in [6.07, 6.45) is 2.49. The predicted molar refractivity (Wildman–Crippen MR) is 67.3 cm³/mol. The molecule has 0 aliphatic heterocycles. The molecular weight excluding hydrogens is 200 g/mol. The highest BCUT2D eigenvalue weighted by molar-refractivity contribution is 5.78. The number of hydrogen-bond acceptors (Lipinski definition) is 2. The maximum Gasteiger partial charge on any atom is 0.236 e. The lowest BCUT2D eigenvalue weighted by molar-refractivity contribution is -0.130. The molecule has 1 fully saturated rings. The SMILES string of the molecule is CC1CCC(NCC(=O)N(C)C(C)C)C1C. The van der Waals surface area contributed by atoms with Crippen molar-refractivity contribution in [2.45, 2.75) is 52.6 Å². The van der Waals surface area contributed by atoms with Crippen molar-refractivity contribution in [3.63, 3.8) is 0 Å². The van der Waals surface area contributed by atoms with Gasteiger partial charge in [0.1, 0.15) is 0 Å². The van der Waals surface area contributed by atoms with Crippen LogP contribution in [0.5, 0.6) is 0 Å². The third-order valence-corrected chi connectivity index (χ3v) is 4.15. The van der Waals surface area contributed by atoms with Crippen LogP contribution in [0.2, 0.25) is 0 Å². The molecule has 1 rings (SSSR count). The van der Waals surface area contributed by atoms with Crippen LogP contribution >= 0.6 is 0 Å². The number of rotatable bonds is 4. The molecule has 1 amide bonds. The number of carbonyl (C=O) groups is 1. The fourth-order valence-electron chi connectivity index (χ4n) is 2.28. The molecule has 94 valence electrons. The van der Waals surface area contributed by atoms with Crippen molar-refractivity contribution in [2.24, 2.45) is 11.8 Å². The first-order chi connectivity index (χ1) is 7.43. The lowest BCUT2D eigenvalue weighted by atomic mass is 9.98. The molecule has 0 aromatic heterocycles. The average Bonchev–Trinajstić information content (AvgIpc) is 2.55. The molecule has 0 radical (unpaired) electrons. The van der Waals surface area contributed by atoms with E-state index in [0.717, 1.165) is 5.92 Å².